The zero-order valence-corrected chi connectivity index (χ0v) is 17.8. The molecule has 0 fully saturated rings. The first-order valence-corrected chi connectivity index (χ1v) is 9.61. The quantitative estimate of drug-likeness (QED) is 0.181. The van der Waals surface area contributed by atoms with E-state index in [4.69, 9.17) is 36.6 Å². The minimum Gasteiger partial charge on any atom is -0.457 e. The molecule has 4 aromatic carbocycles. The average Bonchev–Trinajstić information content (AvgIpc) is 2.83. The predicted molar refractivity (Wildman–Crippen MR) is 130 cm³/mol. The third-order valence-electron chi connectivity index (χ3n) is 3.88. The number of para-hydroxylation sites is 2. The Labute approximate surface area is 192 Å². The number of rotatable bonds is 3. The van der Waals surface area contributed by atoms with Crippen molar-refractivity contribution < 1.29 is 14.3 Å². The van der Waals surface area contributed by atoms with Crippen LogP contribution < -0.4 is 16.2 Å². The summed E-state index contributed by atoms with van der Waals surface area (Å²) < 4.78 is 5.58. The number of anilines is 2. The van der Waals surface area contributed by atoms with Crippen LogP contribution in [0.3, 0.4) is 0 Å². The largest absolute Gasteiger partial charge is 0.457 e. The molecule has 6 N–H and O–H groups in total. The summed E-state index contributed by atoms with van der Waals surface area (Å²) in [4.78, 5) is 16.7. The van der Waals surface area contributed by atoms with Gasteiger partial charge >= 0.3 is 0 Å². The Morgan fingerprint density at radius 1 is 0.515 bits per heavy atom. The second-order valence-corrected chi connectivity index (χ2v) is 6.18. The van der Waals surface area contributed by atoms with Gasteiger partial charge in [-0.15, -0.1) is 0 Å². The highest BCUT2D eigenvalue weighted by molar-refractivity contribution is 5.67. The molecule has 0 heterocycles. The minimum atomic E-state index is 0.750. The molecule has 0 unspecified atom stereocenters. The van der Waals surface area contributed by atoms with E-state index in [1.165, 1.54) is 0 Å². The second-order valence-electron chi connectivity index (χ2n) is 6.18. The van der Waals surface area contributed by atoms with Gasteiger partial charge in [0.2, 0.25) is 12.2 Å². The topological polar surface area (TPSA) is 143 Å². The molecule has 4 aromatic rings. The number of nitrogen functional groups attached to an aromatic ring is 2. The maximum Gasteiger partial charge on any atom is 0.231 e. The molecule has 0 bridgehead atoms. The number of nitrogens with two attached hydrogens (primary N) is 2. The Kier molecular flexibility index (Phi) is 12.5. The number of isocyanates is 2. The van der Waals surface area contributed by atoms with Crippen LogP contribution in [0.15, 0.2) is 109 Å². The summed E-state index contributed by atoms with van der Waals surface area (Å²) in [6, 6.07) is 35.1. The summed E-state index contributed by atoms with van der Waals surface area (Å²) >= 11 is 0. The van der Waals surface area contributed by atoms with Gasteiger partial charge in [0, 0.05) is 11.4 Å². The van der Waals surface area contributed by atoms with E-state index in [1.807, 2.05) is 109 Å². The van der Waals surface area contributed by atoms with E-state index in [9.17, 15) is 0 Å². The highest BCUT2D eigenvalue weighted by Crippen LogP contribution is 2.21. The van der Waals surface area contributed by atoms with Crippen molar-refractivity contribution in [1.29, 1.82) is 10.8 Å². The lowest BCUT2D eigenvalue weighted by Gasteiger charge is -2.03. The summed E-state index contributed by atoms with van der Waals surface area (Å²) in [5, 5.41) is 10.8. The fourth-order valence-corrected chi connectivity index (χ4v) is 2.46. The van der Waals surface area contributed by atoms with E-state index in [1.54, 1.807) is 0 Å². The Morgan fingerprint density at radius 2 is 0.788 bits per heavy atom. The summed E-state index contributed by atoms with van der Waals surface area (Å²) in [5.41, 5.74) is 15.1. The highest BCUT2D eigenvalue weighted by atomic mass is 16.5. The average molecular weight is 441 g/mol. The fourth-order valence-electron chi connectivity index (χ4n) is 2.46. The van der Waals surface area contributed by atoms with Gasteiger partial charge in [-0.05, 0) is 59.7 Å². The van der Waals surface area contributed by atoms with Crippen LogP contribution in [0.4, 0.5) is 11.4 Å². The summed E-state index contributed by atoms with van der Waals surface area (Å²) in [6.45, 7) is 0. The van der Waals surface area contributed by atoms with Gasteiger partial charge in [0.05, 0.1) is 0 Å². The Balaban J connectivity index is 0.000000268. The molecule has 7 heteroatoms. The second kappa shape index (κ2) is 15.8. The van der Waals surface area contributed by atoms with Gasteiger partial charge in [-0.1, -0.05) is 60.7 Å². The highest BCUT2D eigenvalue weighted by Gasteiger charge is 1.96. The summed E-state index contributed by atoms with van der Waals surface area (Å²) in [6.07, 6.45) is 1.50. The van der Waals surface area contributed by atoms with Crippen LogP contribution in [0, 0.1) is 10.8 Å². The smallest absolute Gasteiger partial charge is 0.231 e. The molecule has 4 rings (SSSR count). The van der Waals surface area contributed by atoms with Crippen molar-refractivity contribution in [3.05, 3.63) is 109 Å². The van der Waals surface area contributed by atoms with E-state index in [-0.39, 0.29) is 0 Å². The predicted octanol–water partition coefficient (Wildman–Crippen LogP) is 5.80. The lowest BCUT2D eigenvalue weighted by atomic mass is 10.1. The molecule has 0 aliphatic heterocycles. The summed E-state index contributed by atoms with van der Waals surface area (Å²) in [7, 11) is 0. The molecule has 0 spiro atoms. The van der Waals surface area contributed by atoms with E-state index < -0.39 is 0 Å². The summed E-state index contributed by atoms with van der Waals surface area (Å²) in [5.74, 6) is 1.74. The van der Waals surface area contributed by atoms with Crippen LogP contribution in [-0.2, 0) is 9.59 Å². The molecule has 0 saturated heterocycles. The Morgan fingerprint density at radius 3 is 1.06 bits per heavy atom. The molecule has 0 aromatic heterocycles. The number of carbonyl (C=O) groups excluding carboxylic acids is 2. The molecular formula is C26H24N4O3. The molecule has 0 saturated carbocycles. The van der Waals surface area contributed by atoms with Crippen molar-refractivity contribution in [3.63, 3.8) is 0 Å². The van der Waals surface area contributed by atoms with Crippen molar-refractivity contribution in [2.75, 3.05) is 11.5 Å². The minimum absolute atomic E-state index is 0.750. The molecular weight excluding hydrogens is 416 g/mol. The molecule has 166 valence electrons. The number of benzene rings is 4. The van der Waals surface area contributed by atoms with Gasteiger partial charge in [-0.2, -0.15) is 0 Å². The Bertz CT molecular complexity index is 1030. The van der Waals surface area contributed by atoms with Crippen LogP contribution in [0.25, 0.3) is 11.1 Å². The number of ether oxygens (including phenoxy) is 1. The van der Waals surface area contributed by atoms with Crippen LogP contribution in [0.2, 0.25) is 0 Å². The van der Waals surface area contributed by atoms with Crippen LogP contribution in [0.1, 0.15) is 0 Å². The third-order valence-corrected chi connectivity index (χ3v) is 3.88. The van der Waals surface area contributed by atoms with E-state index in [0.29, 0.717) is 0 Å². The standard InChI is InChI=1S/C12H12N2.C12H10O.2CHNO/c13-11-5-1-9(2-6-11)10-3-7-12(14)8-4-10;1-3-7-11(8-4-1)13-12-9-5-2-6-10-12;2*2-1-3/h1-8H,13-14H2;1-10H;2*2H. The molecule has 33 heavy (non-hydrogen) atoms. The third kappa shape index (κ3) is 11.1. The molecule has 0 aliphatic carbocycles. The van der Waals surface area contributed by atoms with Crippen molar-refractivity contribution >= 4 is 23.5 Å². The van der Waals surface area contributed by atoms with Crippen molar-refractivity contribution in [1.82, 2.24) is 0 Å². The normalized spacial score (nSPS) is 8.48. The first kappa shape index (κ1) is 26.1. The van der Waals surface area contributed by atoms with E-state index in [2.05, 4.69) is 0 Å². The first-order chi connectivity index (χ1) is 16.0. The van der Waals surface area contributed by atoms with Gasteiger partial charge in [-0.3, -0.25) is 0 Å². The van der Waals surface area contributed by atoms with Crippen molar-refractivity contribution in [3.8, 4) is 22.6 Å². The SMILES string of the molecule is N=C=O.N=C=O.Nc1ccc(-c2ccc(N)cc2)cc1.c1ccc(Oc2ccccc2)cc1. The molecule has 0 atom stereocenters. The van der Waals surface area contributed by atoms with Crippen molar-refractivity contribution in [2.45, 2.75) is 0 Å². The number of hydrogen-bond donors (Lipinski definition) is 4. The van der Waals surface area contributed by atoms with Gasteiger partial charge in [0.15, 0.2) is 0 Å². The van der Waals surface area contributed by atoms with Gasteiger partial charge in [0.25, 0.3) is 0 Å². The number of hydrogen-bond acceptors (Lipinski definition) is 7. The van der Waals surface area contributed by atoms with Gasteiger partial charge in [0.1, 0.15) is 11.5 Å². The molecule has 0 radical (unpaired) electrons. The first-order valence-electron chi connectivity index (χ1n) is 9.61. The zero-order valence-electron chi connectivity index (χ0n) is 17.8. The molecule has 0 aliphatic rings. The Hall–Kier alpha value is -4.96. The lowest BCUT2D eigenvalue weighted by molar-refractivity contribution is 0.482. The molecule has 7 nitrogen and oxygen atoms in total. The van der Waals surface area contributed by atoms with E-state index in [0.717, 1.165) is 46.2 Å². The fraction of sp³-hybridized carbons (Fsp3) is 0. The van der Waals surface area contributed by atoms with Crippen molar-refractivity contribution in [2.24, 2.45) is 0 Å². The van der Waals surface area contributed by atoms with Crippen LogP contribution in [0.5, 0.6) is 11.5 Å². The maximum absolute atomic E-state index is 8.35. The molecule has 0 amide bonds. The number of nitrogens with one attached hydrogen (secondary N) is 2. The van der Waals surface area contributed by atoms with Gasteiger partial charge < -0.3 is 16.2 Å². The van der Waals surface area contributed by atoms with Gasteiger partial charge in [-0.25, -0.2) is 20.4 Å². The zero-order chi connectivity index (χ0) is 24.3. The maximum atomic E-state index is 8.35. The monoisotopic (exact) mass is 440 g/mol. The van der Waals surface area contributed by atoms with Crippen LogP contribution in [-0.4, -0.2) is 12.2 Å². The van der Waals surface area contributed by atoms with Crippen LogP contribution >= 0.6 is 0 Å². The van der Waals surface area contributed by atoms with E-state index >= 15 is 0 Å². The lowest BCUT2D eigenvalue weighted by Crippen LogP contribution is -1.85.